The maximum absolute atomic E-state index is 12.8. The molecule has 1 aliphatic rings. The minimum absolute atomic E-state index is 0.0464. The van der Waals surface area contributed by atoms with Gasteiger partial charge in [-0.1, -0.05) is 0 Å². The standard InChI is InChI=1S/C14H17FN2O3/c1-8(18)12(17-13(19)9-2-3-9)14(20)16-11-6-4-10(15)5-7-11/h4-9,12,18H,2-3H2,1H3,(H,16,20)(H,17,19). The highest BCUT2D eigenvalue weighted by Gasteiger charge is 2.34. The molecule has 20 heavy (non-hydrogen) atoms. The van der Waals surface area contributed by atoms with E-state index in [-0.39, 0.29) is 11.8 Å². The van der Waals surface area contributed by atoms with Gasteiger partial charge >= 0.3 is 0 Å². The highest BCUT2D eigenvalue weighted by atomic mass is 19.1. The Kier molecular flexibility index (Phi) is 4.34. The van der Waals surface area contributed by atoms with Gasteiger partial charge in [0, 0.05) is 11.6 Å². The third-order valence-corrected chi connectivity index (χ3v) is 3.12. The van der Waals surface area contributed by atoms with Crippen molar-refractivity contribution in [2.24, 2.45) is 5.92 Å². The van der Waals surface area contributed by atoms with E-state index in [1.807, 2.05) is 0 Å². The summed E-state index contributed by atoms with van der Waals surface area (Å²) >= 11 is 0. The number of nitrogens with one attached hydrogen (secondary N) is 2. The van der Waals surface area contributed by atoms with Gasteiger partial charge < -0.3 is 15.7 Å². The fraction of sp³-hybridized carbons (Fsp3) is 0.429. The number of anilines is 1. The van der Waals surface area contributed by atoms with Gasteiger partial charge in [-0.25, -0.2) is 4.39 Å². The van der Waals surface area contributed by atoms with Crippen LogP contribution in [0.15, 0.2) is 24.3 Å². The lowest BCUT2D eigenvalue weighted by Gasteiger charge is -2.20. The largest absolute Gasteiger partial charge is 0.391 e. The number of carbonyl (C=O) groups is 2. The Morgan fingerprint density at radius 3 is 2.40 bits per heavy atom. The fourth-order valence-electron chi connectivity index (χ4n) is 1.78. The molecule has 2 rings (SSSR count). The van der Waals surface area contributed by atoms with Gasteiger partial charge in [-0.3, -0.25) is 9.59 Å². The lowest BCUT2D eigenvalue weighted by Crippen LogP contribution is -2.50. The molecule has 2 amide bonds. The lowest BCUT2D eigenvalue weighted by molar-refractivity contribution is -0.129. The minimum atomic E-state index is -1.02. The van der Waals surface area contributed by atoms with E-state index >= 15 is 0 Å². The van der Waals surface area contributed by atoms with Crippen LogP contribution in [0.4, 0.5) is 10.1 Å². The lowest BCUT2D eigenvalue weighted by atomic mass is 10.1. The van der Waals surface area contributed by atoms with Gasteiger partial charge in [0.05, 0.1) is 6.10 Å². The molecular weight excluding hydrogens is 263 g/mol. The summed E-state index contributed by atoms with van der Waals surface area (Å²) in [5.41, 5.74) is 0.405. The molecule has 0 heterocycles. The van der Waals surface area contributed by atoms with Gasteiger partial charge in [0.25, 0.3) is 0 Å². The average Bonchev–Trinajstić information content (AvgIpc) is 3.22. The Hall–Kier alpha value is -1.95. The van der Waals surface area contributed by atoms with Gasteiger partial charge in [0.2, 0.25) is 11.8 Å². The topological polar surface area (TPSA) is 78.4 Å². The second-order valence-corrected chi connectivity index (χ2v) is 5.00. The number of amides is 2. The molecule has 1 fully saturated rings. The molecule has 1 aromatic rings. The van der Waals surface area contributed by atoms with E-state index in [9.17, 15) is 19.1 Å². The zero-order valence-electron chi connectivity index (χ0n) is 11.1. The van der Waals surface area contributed by atoms with E-state index in [4.69, 9.17) is 0 Å². The summed E-state index contributed by atoms with van der Waals surface area (Å²) in [6.45, 7) is 1.43. The first-order chi connectivity index (χ1) is 9.47. The van der Waals surface area contributed by atoms with Crippen LogP contribution < -0.4 is 10.6 Å². The molecule has 2 atom stereocenters. The summed E-state index contributed by atoms with van der Waals surface area (Å²) in [4.78, 5) is 23.7. The molecule has 1 saturated carbocycles. The summed E-state index contributed by atoms with van der Waals surface area (Å²) in [5.74, 6) is -1.20. The summed E-state index contributed by atoms with van der Waals surface area (Å²) < 4.78 is 12.8. The van der Waals surface area contributed by atoms with Crippen molar-refractivity contribution >= 4 is 17.5 Å². The molecule has 6 heteroatoms. The van der Waals surface area contributed by atoms with Crippen LogP contribution in [-0.2, 0) is 9.59 Å². The maximum Gasteiger partial charge on any atom is 0.249 e. The third kappa shape index (κ3) is 3.77. The molecular formula is C14H17FN2O3. The predicted molar refractivity (Wildman–Crippen MR) is 71.4 cm³/mol. The first-order valence-corrected chi connectivity index (χ1v) is 6.52. The Labute approximate surface area is 116 Å². The molecule has 0 aliphatic heterocycles. The van der Waals surface area contributed by atoms with Crippen molar-refractivity contribution in [1.29, 1.82) is 0 Å². The third-order valence-electron chi connectivity index (χ3n) is 3.12. The molecule has 5 nitrogen and oxygen atoms in total. The Balaban J connectivity index is 1.98. The first-order valence-electron chi connectivity index (χ1n) is 6.52. The number of aliphatic hydroxyl groups excluding tert-OH is 1. The zero-order valence-corrected chi connectivity index (χ0v) is 11.1. The van der Waals surface area contributed by atoms with Gasteiger partial charge in [0.15, 0.2) is 0 Å². The molecule has 1 aromatic carbocycles. The Morgan fingerprint density at radius 2 is 1.90 bits per heavy atom. The normalized spacial score (nSPS) is 17.1. The van der Waals surface area contributed by atoms with Crippen molar-refractivity contribution < 1.29 is 19.1 Å². The van der Waals surface area contributed by atoms with Crippen LogP contribution in [0.2, 0.25) is 0 Å². The van der Waals surface area contributed by atoms with Crippen LogP contribution in [0.25, 0.3) is 0 Å². The minimum Gasteiger partial charge on any atom is -0.391 e. The molecule has 0 saturated heterocycles. The van der Waals surface area contributed by atoms with E-state index < -0.39 is 23.9 Å². The molecule has 2 unspecified atom stereocenters. The van der Waals surface area contributed by atoms with E-state index in [2.05, 4.69) is 10.6 Å². The SMILES string of the molecule is CC(O)C(NC(=O)C1CC1)C(=O)Nc1ccc(F)cc1. The highest BCUT2D eigenvalue weighted by molar-refractivity contribution is 5.98. The molecule has 3 N–H and O–H groups in total. The second kappa shape index (κ2) is 6.00. The first kappa shape index (κ1) is 14.5. The van der Waals surface area contributed by atoms with Gasteiger partial charge in [-0.05, 0) is 44.0 Å². The van der Waals surface area contributed by atoms with Crippen LogP contribution in [0.3, 0.4) is 0 Å². The number of hydrogen-bond donors (Lipinski definition) is 3. The van der Waals surface area contributed by atoms with Crippen molar-refractivity contribution in [3.8, 4) is 0 Å². The number of carbonyl (C=O) groups excluding carboxylic acids is 2. The van der Waals surface area contributed by atoms with Crippen molar-refractivity contribution in [2.75, 3.05) is 5.32 Å². The maximum atomic E-state index is 12.8. The summed E-state index contributed by atoms with van der Waals surface area (Å²) in [5, 5.41) is 14.7. The molecule has 0 bridgehead atoms. The van der Waals surface area contributed by atoms with E-state index in [1.165, 1.54) is 31.2 Å². The molecule has 0 aromatic heterocycles. The highest BCUT2D eigenvalue weighted by Crippen LogP contribution is 2.29. The number of hydrogen-bond acceptors (Lipinski definition) is 3. The number of halogens is 1. The molecule has 0 spiro atoms. The van der Waals surface area contributed by atoms with Gasteiger partial charge in [0.1, 0.15) is 11.9 Å². The number of rotatable bonds is 5. The fourth-order valence-corrected chi connectivity index (χ4v) is 1.78. The van der Waals surface area contributed by atoms with Crippen LogP contribution in [0.1, 0.15) is 19.8 Å². The van der Waals surface area contributed by atoms with E-state index in [1.54, 1.807) is 0 Å². The van der Waals surface area contributed by atoms with Gasteiger partial charge in [-0.2, -0.15) is 0 Å². The summed E-state index contributed by atoms with van der Waals surface area (Å²) in [7, 11) is 0. The second-order valence-electron chi connectivity index (χ2n) is 5.00. The van der Waals surface area contributed by atoms with Crippen molar-refractivity contribution in [3.05, 3.63) is 30.1 Å². The Bertz CT molecular complexity index is 498. The van der Waals surface area contributed by atoms with E-state index in [0.29, 0.717) is 5.69 Å². The van der Waals surface area contributed by atoms with Crippen LogP contribution in [0.5, 0.6) is 0 Å². The number of benzene rings is 1. The van der Waals surface area contributed by atoms with Crippen LogP contribution in [-0.4, -0.2) is 29.1 Å². The Morgan fingerprint density at radius 1 is 1.30 bits per heavy atom. The summed E-state index contributed by atoms with van der Waals surface area (Å²) in [6, 6.07) is 4.24. The predicted octanol–water partition coefficient (Wildman–Crippen LogP) is 1.04. The molecule has 1 aliphatic carbocycles. The number of aliphatic hydroxyl groups is 1. The van der Waals surface area contributed by atoms with Crippen LogP contribution in [0, 0.1) is 11.7 Å². The summed E-state index contributed by atoms with van der Waals surface area (Å²) in [6.07, 6.45) is 0.619. The van der Waals surface area contributed by atoms with Crippen molar-refractivity contribution in [2.45, 2.75) is 31.9 Å². The molecule has 0 radical (unpaired) electrons. The smallest absolute Gasteiger partial charge is 0.249 e. The van der Waals surface area contributed by atoms with Crippen LogP contribution >= 0.6 is 0 Å². The quantitative estimate of drug-likeness (QED) is 0.754. The van der Waals surface area contributed by atoms with Gasteiger partial charge in [-0.15, -0.1) is 0 Å². The van der Waals surface area contributed by atoms with E-state index in [0.717, 1.165) is 12.8 Å². The molecule has 108 valence electrons. The average molecular weight is 280 g/mol. The monoisotopic (exact) mass is 280 g/mol. The zero-order chi connectivity index (χ0) is 14.7. The van der Waals surface area contributed by atoms with Crippen molar-refractivity contribution in [1.82, 2.24) is 5.32 Å². The van der Waals surface area contributed by atoms with Crippen molar-refractivity contribution in [3.63, 3.8) is 0 Å².